The Morgan fingerprint density at radius 3 is 2.64 bits per heavy atom. The number of anilines is 1. The number of carbonyl (C=O) groups excluding carboxylic acids is 2. The van der Waals surface area contributed by atoms with E-state index in [1.807, 2.05) is 0 Å². The van der Waals surface area contributed by atoms with Gasteiger partial charge in [-0.15, -0.1) is 10.2 Å². The number of halogens is 3. The highest BCUT2D eigenvalue weighted by Gasteiger charge is 2.45. The summed E-state index contributed by atoms with van der Waals surface area (Å²) in [5, 5.41) is 14.6. The normalized spacial score (nSPS) is 18.2. The number of hydrogen-bond donors (Lipinski definition) is 1. The van der Waals surface area contributed by atoms with Crippen molar-refractivity contribution in [2.24, 2.45) is 13.0 Å². The summed E-state index contributed by atoms with van der Waals surface area (Å²) in [7, 11) is 2.83. The Hall–Kier alpha value is -2.99. The van der Waals surface area contributed by atoms with Crippen LogP contribution >= 0.6 is 22.9 Å². The van der Waals surface area contributed by atoms with Crippen molar-refractivity contribution in [3.63, 3.8) is 0 Å². The Labute approximate surface area is 196 Å². The topological polar surface area (TPSA) is 112 Å². The quantitative estimate of drug-likeness (QED) is 0.514. The SMILES string of the molecule is COC(=O)c1nc(NC(=O)[C@H](c2ccc(-c3nnn(C)n3)cc2)[C@H]2CCC(F)(F)C2)sc1Cl. The molecule has 2 aromatic heterocycles. The molecule has 4 rings (SSSR count). The third kappa shape index (κ3) is 5.01. The van der Waals surface area contributed by atoms with Gasteiger partial charge in [0.2, 0.25) is 17.7 Å². The standard InChI is InChI=1S/C20H19ClF2N6O3S/c1-29-27-16(26-28-29)11-5-3-10(4-6-11)13(12-7-8-20(22,23)9-12)17(30)25-19-24-14(15(21)33-19)18(31)32-2/h3-6,12-13H,7-9H2,1-2H3,(H,24,25,30)/t12-,13+/m0/s1. The highest BCUT2D eigenvalue weighted by molar-refractivity contribution is 7.20. The molecule has 1 N–H and O–H groups in total. The van der Waals surface area contributed by atoms with Crippen LogP contribution in [0.1, 0.15) is 41.2 Å². The number of rotatable bonds is 6. The lowest BCUT2D eigenvalue weighted by atomic mass is 9.83. The molecule has 0 radical (unpaired) electrons. The molecule has 2 heterocycles. The summed E-state index contributed by atoms with van der Waals surface area (Å²) in [4.78, 5) is 30.3. The van der Waals surface area contributed by atoms with E-state index in [1.54, 1.807) is 31.3 Å². The molecular weight excluding hydrogens is 478 g/mol. The van der Waals surface area contributed by atoms with Crippen molar-refractivity contribution < 1.29 is 23.1 Å². The van der Waals surface area contributed by atoms with Crippen LogP contribution in [-0.4, -0.2) is 50.1 Å². The number of aryl methyl sites for hydroxylation is 1. The van der Waals surface area contributed by atoms with Gasteiger partial charge in [-0.25, -0.2) is 18.6 Å². The lowest BCUT2D eigenvalue weighted by Crippen LogP contribution is -2.27. The molecule has 0 spiro atoms. The average Bonchev–Trinajstić information content (AvgIpc) is 3.46. The molecule has 1 aliphatic rings. The average molecular weight is 497 g/mol. The second-order valence-corrected chi connectivity index (χ2v) is 9.28. The lowest BCUT2D eigenvalue weighted by molar-refractivity contribution is -0.118. The largest absolute Gasteiger partial charge is 0.464 e. The van der Waals surface area contributed by atoms with Gasteiger partial charge in [0.15, 0.2) is 10.8 Å². The van der Waals surface area contributed by atoms with Crippen LogP contribution in [0.15, 0.2) is 24.3 Å². The molecule has 3 aromatic rings. The number of benzene rings is 1. The maximum Gasteiger partial charge on any atom is 0.359 e. The van der Waals surface area contributed by atoms with Crippen LogP contribution in [0.4, 0.5) is 13.9 Å². The second kappa shape index (κ2) is 9.10. The fourth-order valence-corrected chi connectivity index (χ4v) is 4.93. The number of nitrogens with zero attached hydrogens (tertiary/aromatic N) is 5. The highest BCUT2D eigenvalue weighted by Crippen LogP contribution is 2.46. The van der Waals surface area contributed by atoms with Crippen molar-refractivity contribution in [3.05, 3.63) is 39.9 Å². The molecular formula is C20H19ClF2N6O3S. The first-order valence-electron chi connectivity index (χ1n) is 9.94. The van der Waals surface area contributed by atoms with Gasteiger partial charge in [0.05, 0.1) is 20.1 Å². The molecule has 1 aromatic carbocycles. The molecule has 0 saturated heterocycles. The molecule has 1 fully saturated rings. The van der Waals surface area contributed by atoms with E-state index in [-0.39, 0.29) is 28.0 Å². The number of amides is 1. The van der Waals surface area contributed by atoms with E-state index >= 15 is 0 Å². The molecule has 2 atom stereocenters. The fraction of sp³-hybridized carbons (Fsp3) is 0.400. The highest BCUT2D eigenvalue weighted by atomic mass is 35.5. The Balaban J connectivity index is 1.61. The molecule has 9 nitrogen and oxygen atoms in total. The molecule has 13 heteroatoms. The minimum atomic E-state index is -2.82. The van der Waals surface area contributed by atoms with Crippen molar-refractivity contribution in [2.75, 3.05) is 12.4 Å². The van der Waals surface area contributed by atoms with Gasteiger partial charge in [-0.05, 0) is 23.1 Å². The Bertz CT molecular complexity index is 1180. The van der Waals surface area contributed by atoms with E-state index in [4.69, 9.17) is 11.6 Å². The van der Waals surface area contributed by atoms with Gasteiger partial charge in [-0.3, -0.25) is 4.79 Å². The van der Waals surface area contributed by atoms with Gasteiger partial charge in [-0.1, -0.05) is 47.2 Å². The Morgan fingerprint density at radius 1 is 1.33 bits per heavy atom. The zero-order valence-corrected chi connectivity index (χ0v) is 19.2. The first kappa shape index (κ1) is 23.2. The third-order valence-electron chi connectivity index (χ3n) is 5.43. The van der Waals surface area contributed by atoms with Gasteiger partial charge in [-0.2, -0.15) is 4.80 Å². The van der Waals surface area contributed by atoms with Crippen LogP contribution in [-0.2, 0) is 16.6 Å². The number of aromatic nitrogens is 5. The zero-order valence-electron chi connectivity index (χ0n) is 17.6. The molecule has 174 valence electrons. The fourth-order valence-electron chi connectivity index (χ4n) is 3.91. The van der Waals surface area contributed by atoms with Crippen molar-refractivity contribution in [3.8, 4) is 11.4 Å². The molecule has 1 aliphatic carbocycles. The third-order valence-corrected chi connectivity index (χ3v) is 6.60. The summed E-state index contributed by atoms with van der Waals surface area (Å²) in [6, 6.07) is 6.83. The van der Waals surface area contributed by atoms with Gasteiger partial charge < -0.3 is 10.1 Å². The molecule has 0 unspecified atom stereocenters. The summed E-state index contributed by atoms with van der Waals surface area (Å²) in [5.41, 5.74) is 1.13. The number of alkyl halides is 2. The minimum Gasteiger partial charge on any atom is -0.464 e. The minimum absolute atomic E-state index is 0.0573. The van der Waals surface area contributed by atoms with E-state index in [1.165, 1.54) is 11.9 Å². The lowest BCUT2D eigenvalue weighted by Gasteiger charge is -2.23. The summed E-state index contributed by atoms with van der Waals surface area (Å²) in [6.07, 6.45) is -0.478. The van der Waals surface area contributed by atoms with E-state index < -0.39 is 36.1 Å². The van der Waals surface area contributed by atoms with Gasteiger partial charge in [0.25, 0.3) is 0 Å². The van der Waals surface area contributed by atoms with Crippen LogP contribution in [0.3, 0.4) is 0 Å². The number of esters is 1. The molecule has 1 amide bonds. The molecule has 0 bridgehead atoms. The summed E-state index contributed by atoms with van der Waals surface area (Å²) < 4.78 is 32.7. The van der Waals surface area contributed by atoms with Crippen LogP contribution in [0.5, 0.6) is 0 Å². The van der Waals surface area contributed by atoms with Crippen LogP contribution in [0, 0.1) is 5.92 Å². The summed E-state index contributed by atoms with van der Waals surface area (Å²) in [6.45, 7) is 0. The van der Waals surface area contributed by atoms with E-state index in [0.717, 1.165) is 11.3 Å². The number of tetrazole rings is 1. The van der Waals surface area contributed by atoms with E-state index in [2.05, 4.69) is 30.4 Å². The number of nitrogens with one attached hydrogen (secondary N) is 1. The van der Waals surface area contributed by atoms with Gasteiger partial charge in [0, 0.05) is 18.4 Å². The number of methoxy groups -OCH3 is 1. The first-order chi connectivity index (χ1) is 15.7. The number of thiazole rings is 1. The monoisotopic (exact) mass is 496 g/mol. The Morgan fingerprint density at radius 2 is 2.06 bits per heavy atom. The summed E-state index contributed by atoms with van der Waals surface area (Å²) >= 11 is 6.92. The summed E-state index contributed by atoms with van der Waals surface area (Å²) in [5.74, 6) is -5.09. The molecule has 1 saturated carbocycles. The van der Waals surface area contributed by atoms with Crippen molar-refractivity contribution >= 4 is 39.9 Å². The molecule has 33 heavy (non-hydrogen) atoms. The first-order valence-corrected chi connectivity index (χ1v) is 11.1. The van der Waals surface area contributed by atoms with Crippen molar-refractivity contribution in [1.82, 2.24) is 25.2 Å². The van der Waals surface area contributed by atoms with E-state index in [0.29, 0.717) is 17.0 Å². The maximum atomic E-state index is 14.0. The van der Waals surface area contributed by atoms with Crippen LogP contribution in [0.2, 0.25) is 4.34 Å². The Kier molecular flexibility index (Phi) is 6.39. The van der Waals surface area contributed by atoms with Crippen molar-refractivity contribution in [1.29, 1.82) is 0 Å². The van der Waals surface area contributed by atoms with Crippen molar-refractivity contribution in [2.45, 2.75) is 31.1 Å². The molecule has 0 aliphatic heterocycles. The van der Waals surface area contributed by atoms with Gasteiger partial charge >= 0.3 is 5.97 Å². The number of carbonyl (C=O) groups is 2. The van der Waals surface area contributed by atoms with Gasteiger partial charge in [0.1, 0.15) is 4.34 Å². The number of hydrogen-bond acceptors (Lipinski definition) is 8. The second-order valence-electron chi connectivity index (χ2n) is 7.68. The van der Waals surface area contributed by atoms with Crippen LogP contribution in [0.25, 0.3) is 11.4 Å². The van der Waals surface area contributed by atoms with Crippen LogP contribution < -0.4 is 5.32 Å². The smallest absolute Gasteiger partial charge is 0.359 e. The number of ether oxygens (including phenoxy) is 1. The predicted molar refractivity (Wildman–Crippen MR) is 116 cm³/mol. The van der Waals surface area contributed by atoms with E-state index in [9.17, 15) is 18.4 Å². The maximum absolute atomic E-state index is 14.0. The zero-order chi connectivity index (χ0) is 23.8. The predicted octanol–water partition coefficient (Wildman–Crippen LogP) is 3.93.